The van der Waals surface area contributed by atoms with Gasteiger partial charge in [-0.3, -0.25) is 9.59 Å². The molecular weight excluding hydrogens is 290 g/mol. The molecule has 2 rings (SSSR count). The van der Waals surface area contributed by atoms with Crippen molar-refractivity contribution in [1.29, 1.82) is 0 Å². The molecule has 2 aromatic rings. The molecule has 0 aliphatic carbocycles. The molecule has 0 fully saturated rings. The molecule has 0 heterocycles. The first kappa shape index (κ1) is 14.9. The van der Waals surface area contributed by atoms with E-state index in [1.54, 1.807) is 37.4 Å². The summed E-state index contributed by atoms with van der Waals surface area (Å²) in [6.45, 7) is 0. The number of nitrogens with two attached hydrogens (primary N) is 1. The molecule has 21 heavy (non-hydrogen) atoms. The summed E-state index contributed by atoms with van der Waals surface area (Å²) in [6.07, 6.45) is 0. The molecule has 0 spiro atoms. The summed E-state index contributed by atoms with van der Waals surface area (Å²) in [4.78, 5) is 23.7. The lowest BCUT2D eigenvalue weighted by Gasteiger charge is -2.08. The smallest absolute Gasteiger partial charge is 0.255 e. The third-order valence-corrected chi connectivity index (χ3v) is 3.01. The maximum atomic E-state index is 12.1. The van der Waals surface area contributed by atoms with Crippen molar-refractivity contribution in [1.82, 2.24) is 5.32 Å². The standard InChI is InChI=1S/C15H14ClN3O2/c1-18-14(20)9-3-2-4-13(7-9)19-15(21)10-5-11(16)8-12(17)6-10/h2-8H,17H2,1H3,(H,18,20)(H,19,21). The van der Waals surface area contributed by atoms with E-state index >= 15 is 0 Å². The maximum absolute atomic E-state index is 12.1. The van der Waals surface area contributed by atoms with E-state index in [1.165, 1.54) is 12.1 Å². The molecule has 0 aromatic heterocycles. The van der Waals surface area contributed by atoms with Gasteiger partial charge in [-0.1, -0.05) is 17.7 Å². The number of nitrogen functional groups attached to an aromatic ring is 1. The summed E-state index contributed by atoms with van der Waals surface area (Å²) >= 11 is 5.87. The molecule has 0 aliphatic rings. The summed E-state index contributed by atoms with van der Waals surface area (Å²) < 4.78 is 0. The second kappa shape index (κ2) is 6.28. The Balaban J connectivity index is 2.21. The van der Waals surface area contributed by atoms with Gasteiger partial charge in [-0.25, -0.2) is 0 Å². The van der Waals surface area contributed by atoms with Gasteiger partial charge in [-0.15, -0.1) is 0 Å². The summed E-state index contributed by atoms with van der Waals surface area (Å²) in [6, 6.07) is 11.2. The Morgan fingerprint density at radius 3 is 2.48 bits per heavy atom. The molecule has 6 heteroatoms. The van der Waals surface area contributed by atoms with Crippen LogP contribution < -0.4 is 16.4 Å². The van der Waals surface area contributed by atoms with Crippen molar-refractivity contribution >= 4 is 34.8 Å². The molecule has 0 saturated carbocycles. The largest absolute Gasteiger partial charge is 0.399 e. The number of anilines is 2. The average molecular weight is 304 g/mol. The van der Waals surface area contributed by atoms with Gasteiger partial charge in [0, 0.05) is 34.6 Å². The van der Waals surface area contributed by atoms with Gasteiger partial charge < -0.3 is 16.4 Å². The van der Waals surface area contributed by atoms with Crippen LogP contribution in [0.15, 0.2) is 42.5 Å². The highest BCUT2D eigenvalue weighted by Gasteiger charge is 2.09. The molecule has 0 bridgehead atoms. The summed E-state index contributed by atoms with van der Waals surface area (Å²) in [5.41, 5.74) is 7.39. The van der Waals surface area contributed by atoms with Gasteiger partial charge in [-0.2, -0.15) is 0 Å². The van der Waals surface area contributed by atoms with Crippen molar-refractivity contribution < 1.29 is 9.59 Å². The van der Waals surface area contributed by atoms with Gasteiger partial charge >= 0.3 is 0 Å². The van der Waals surface area contributed by atoms with Crippen molar-refractivity contribution in [3.63, 3.8) is 0 Å². The minimum Gasteiger partial charge on any atom is -0.399 e. The number of amides is 2. The Hall–Kier alpha value is -2.53. The number of benzene rings is 2. The Bertz CT molecular complexity index is 681. The van der Waals surface area contributed by atoms with Crippen LogP contribution in [0, 0.1) is 0 Å². The quantitative estimate of drug-likeness (QED) is 0.762. The average Bonchev–Trinajstić information content (AvgIpc) is 2.45. The van der Waals surface area contributed by atoms with E-state index in [-0.39, 0.29) is 11.8 Å². The van der Waals surface area contributed by atoms with Crippen LogP contribution in [0.5, 0.6) is 0 Å². The van der Waals surface area contributed by atoms with Crippen molar-refractivity contribution in [2.45, 2.75) is 0 Å². The van der Waals surface area contributed by atoms with Crippen LogP contribution in [0.25, 0.3) is 0 Å². The lowest BCUT2D eigenvalue weighted by molar-refractivity contribution is 0.0961. The SMILES string of the molecule is CNC(=O)c1cccc(NC(=O)c2cc(N)cc(Cl)c2)c1. The first-order valence-electron chi connectivity index (χ1n) is 6.19. The first-order valence-corrected chi connectivity index (χ1v) is 6.57. The zero-order valence-electron chi connectivity index (χ0n) is 11.3. The number of carbonyl (C=O) groups excluding carboxylic acids is 2. The first-order chi connectivity index (χ1) is 9.99. The van der Waals surface area contributed by atoms with Crippen LogP contribution in [0.2, 0.25) is 5.02 Å². The van der Waals surface area contributed by atoms with Gasteiger partial charge in [0.2, 0.25) is 0 Å². The summed E-state index contributed by atoms with van der Waals surface area (Å²) in [5.74, 6) is -0.573. The van der Waals surface area contributed by atoms with Crippen molar-refractivity contribution in [2.24, 2.45) is 0 Å². The van der Waals surface area contributed by atoms with Crippen molar-refractivity contribution in [3.05, 3.63) is 58.6 Å². The van der Waals surface area contributed by atoms with Crippen LogP contribution >= 0.6 is 11.6 Å². The van der Waals surface area contributed by atoms with Gasteiger partial charge in [0.05, 0.1) is 0 Å². The number of rotatable bonds is 3. The lowest BCUT2D eigenvalue weighted by atomic mass is 10.1. The van der Waals surface area contributed by atoms with E-state index in [2.05, 4.69) is 10.6 Å². The van der Waals surface area contributed by atoms with Gasteiger partial charge in [0.15, 0.2) is 0 Å². The van der Waals surface area contributed by atoms with Crippen LogP contribution in [-0.2, 0) is 0 Å². The van der Waals surface area contributed by atoms with Crippen molar-refractivity contribution in [3.8, 4) is 0 Å². The van der Waals surface area contributed by atoms with E-state index in [0.29, 0.717) is 27.5 Å². The second-order valence-electron chi connectivity index (χ2n) is 4.39. The highest BCUT2D eigenvalue weighted by atomic mass is 35.5. The molecule has 0 saturated heterocycles. The second-order valence-corrected chi connectivity index (χ2v) is 4.82. The van der Waals surface area contributed by atoms with E-state index in [0.717, 1.165) is 0 Å². The lowest BCUT2D eigenvalue weighted by Crippen LogP contribution is -2.18. The van der Waals surface area contributed by atoms with Gasteiger partial charge in [0.25, 0.3) is 11.8 Å². The minimum atomic E-state index is -0.349. The molecule has 2 amide bonds. The molecule has 0 radical (unpaired) electrons. The fraction of sp³-hybridized carbons (Fsp3) is 0.0667. The predicted molar refractivity (Wildman–Crippen MR) is 83.6 cm³/mol. The predicted octanol–water partition coefficient (Wildman–Crippen LogP) is 2.53. The Kier molecular flexibility index (Phi) is 4.45. The number of carbonyl (C=O) groups is 2. The zero-order chi connectivity index (χ0) is 15.4. The third kappa shape index (κ3) is 3.73. The maximum Gasteiger partial charge on any atom is 0.255 e. The van der Waals surface area contributed by atoms with Crippen LogP contribution in [0.3, 0.4) is 0 Å². The molecule has 0 atom stereocenters. The van der Waals surface area contributed by atoms with Crippen LogP contribution in [0.4, 0.5) is 11.4 Å². The molecule has 4 N–H and O–H groups in total. The normalized spacial score (nSPS) is 10.0. The zero-order valence-corrected chi connectivity index (χ0v) is 12.1. The highest BCUT2D eigenvalue weighted by molar-refractivity contribution is 6.31. The number of nitrogens with one attached hydrogen (secondary N) is 2. The van der Waals surface area contributed by atoms with Crippen molar-refractivity contribution in [2.75, 3.05) is 18.1 Å². The van der Waals surface area contributed by atoms with Crippen LogP contribution in [0.1, 0.15) is 20.7 Å². The number of halogens is 1. The summed E-state index contributed by atoms with van der Waals surface area (Å²) in [5, 5.41) is 5.61. The molecule has 108 valence electrons. The Labute approximate surface area is 127 Å². The third-order valence-electron chi connectivity index (χ3n) is 2.79. The van der Waals surface area contributed by atoms with E-state index in [1.807, 2.05) is 0 Å². The fourth-order valence-corrected chi connectivity index (χ4v) is 2.07. The molecule has 0 unspecified atom stereocenters. The topological polar surface area (TPSA) is 84.2 Å². The molecular formula is C15H14ClN3O2. The highest BCUT2D eigenvalue weighted by Crippen LogP contribution is 2.18. The molecule has 2 aromatic carbocycles. The monoisotopic (exact) mass is 303 g/mol. The number of hydrogen-bond acceptors (Lipinski definition) is 3. The molecule has 0 aliphatic heterocycles. The van der Waals surface area contributed by atoms with E-state index < -0.39 is 0 Å². The van der Waals surface area contributed by atoms with Gasteiger partial charge in [0.1, 0.15) is 0 Å². The van der Waals surface area contributed by atoms with Gasteiger partial charge in [-0.05, 0) is 36.4 Å². The molecule has 5 nitrogen and oxygen atoms in total. The van der Waals surface area contributed by atoms with E-state index in [9.17, 15) is 9.59 Å². The minimum absolute atomic E-state index is 0.224. The van der Waals surface area contributed by atoms with Crippen LogP contribution in [-0.4, -0.2) is 18.9 Å². The number of hydrogen-bond donors (Lipinski definition) is 3. The van der Waals surface area contributed by atoms with E-state index in [4.69, 9.17) is 17.3 Å². The summed E-state index contributed by atoms with van der Waals surface area (Å²) in [7, 11) is 1.54. The Morgan fingerprint density at radius 2 is 1.81 bits per heavy atom. The fourth-order valence-electron chi connectivity index (χ4n) is 1.83. The Morgan fingerprint density at radius 1 is 1.05 bits per heavy atom.